The molecule has 30 heteroatoms. The second-order valence-electron chi connectivity index (χ2n) is 24.7. The van der Waals surface area contributed by atoms with Gasteiger partial charge in [0.2, 0.25) is 29.5 Å². The van der Waals surface area contributed by atoms with Crippen LogP contribution in [0, 0.1) is 24.2 Å². The van der Waals surface area contributed by atoms with Gasteiger partial charge in [0.25, 0.3) is 11.8 Å². The van der Waals surface area contributed by atoms with Gasteiger partial charge in [0.1, 0.15) is 23.9 Å². The van der Waals surface area contributed by atoms with Crippen LogP contribution < -0.4 is 26.0 Å². The van der Waals surface area contributed by atoms with Crippen LogP contribution >= 0.6 is 0 Å². The number of hydrogen-bond acceptors (Lipinski definition) is 19. The van der Waals surface area contributed by atoms with Crippen LogP contribution in [0.4, 0.5) is 8.78 Å². The summed E-state index contributed by atoms with van der Waals surface area (Å²) in [5, 5.41) is 49.6. The van der Waals surface area contributed by atoms with Crippen LogP contribution in [0.2, 0.25) is 0 Å². The van der Waals surface area contributed by atoms with E-state index in [4.69, 9.17) is 9.47 Å². The van der Waals surface area contributed by atoms with E-state index in [0.29, 0.717) is 87.1 Å². The fourth-order valence-corrected chi connectivity index (χ4v) is 11.8. The minimum Gasteiger partial charge on any atom is -0.494 e. The van der Waals surface area contributed by atoms with Crippen molar-refractivity contribution in [2.75, 3.05) is 125 Å². The van der Waals surface area contributed by atoms with Gasteiger partial charge in [-0.05, 0) is 107 Å². The zero-order valence-corrected chi connectivity index (χ0v) is 54.9. The highest BCUT2D eigenvalue weighted by atomic mass is 19.3. The molecule has 3 aliphatic heterocycles. The molecule has 28 nitrogen and oxygen atoms in total. The predicted octanol–water partition coefficient (Wildman–Crippen LogP) is 2.56. The number of nitriles is 1. The number of amides is 6. The number of esters is 1. The van der Waals surface area contributed by atoms with Crippen LogP contribution in [-0.2, 0) is 54.3 Å². The summed E-state index contributed by atoms with van der Waals surface area (Å²) in [5.74, 6) is -9.70. The molecule has 0 unspecified atom stereocenters. The van der Waals surface area contributed by atoms with Gasteiger partial charge in [0, 0.05) is 96.4 Å². The lowest BCUT2D eigenvalue weighted by Crippen LogP contribution is -2.56. The first kappa shape index (κ1) is 76.2. The van der Waals surface area contributed by atoms with Gasteiger partial charge in [0.15, 0.2) is 0 Å². The summed E-state index contributed by atoms with van der Waals surface area (Å²) in [4.78, 5) is 148. The average Bonchev–Trinajstić information content (AvgIpc) is 1.37. The van der Waals surface area contributed by atoms with Crippen LogP contribution in [0.3, 0.4) is 0 Å². The maximum absolute atomic E-state index is 14.5. The molecule has 6 amide bonds. The number of pyridine rings is 1. The van der Waals surface area contributed by atoms with E-state index in [1.54, 1.807) is 55.7 Å². The topological polar surface area (TPSA) is 366 Å². The largest absolute Gasteiger partial charge is 0.494 e. The number of hydrogen-bond donors (Lipinski definition) is 7. The lowest BCUT2D eigenvalue weighted by atomic mass is 9.91. The molecule has 3 atom stereocenters. The number of aromatic nitrogens is 1. The first-order chi connectivity index (χ1) is 45.9. The molecule has 2 aromatic carbocycles. The minimum atomic E-state index is -3.20. The number of piperidine rings is 1. The number of aliphatic imine (C=N–C) groups is 1. The van der Waals surface area contributed by atoms with E-state index in [1.807, 2.05) is 31.2 Å². The molecule has 96 heavy (non-hydrogen) atoms. The van der Waals surface area contributed by atoms with Crippen molar-refractivity contribution in [1.82, 2.24) is 55.7 Å². The maximum atomic E-state index is 14.5. The minimum absolute atomic E-state index is 0.0597. The number of aryl methyl sites for hydroxylation is 2. The lowest BCUT2D eigenvalue weighted by molar-refractivity contribution is -0.147. The van der Waals surface area contributed by atoms with Crippen LogP contribution in [0.15, 0.2) is 59.7 Å². The Balaban J connectivity index is 1.05. The first-order valence-corrected chi connectivity index (χ1v) is 32.6. The number of rotatable bonds is 32. The summed E-state index contributed by atoms with van der Waals surface area (Å²) in [6.07, 6.45) is 6.15. The van der Waals surface area contributed by atoms with E-state index in [1.165, 1.54) is 12.3 Å². The van der Waals surface area contributed by atoms with Gasteiger partial charge in [-0.2, -0.15) is 5.26 Å². The van der Waals surface area contributed by atoms with Crippen molar-refractivity contribution in [3.8, 4) is 11.8 Å². The number of carbonyl (C=O) groups is 10. The molecule has 7 N–H and O–H groups in total. The van der Waals surface area contributed by atoms with Crippen LogP contribution in [-0.4, -0.2) is 264 Å². The predicted molar refractivity (Wildman–Crippen MR) is 347 cm³/mol. The molecule has 3 saturated heterocycles. The van der Waals surface area contributed by atoms with Gasteiger partial charge in [-0.25, -0.2) is 8.78 Å². The number of likely N-dealkylation sites (tertiary alicyclic amines) is 2. The Kier molecular flexibility index (Phi) is 30.7. The Morgan fingerprint density at radius 1 is 0.750 bits per heavy atom. The molecule has 0 aliphatic carbocycles. The Morgan fingerprint density at radius 3 is 1.96 bits per heavy atom. The fourth-order valence-electron chi connectivity index (χ4n) is 11.8. The molecule has 3 aliphatic rings. The van der Waals surface area contributed by atoms with E-state index in [0.717, 1.165) is 42.4 Å². The van der Waals surface area contributed by atoms with Gasteiger partial charge < -0.3 is 55.9 Å². The standard InChI is InChI=1S/C66H91F2N13O15/c1-45-13-15-47(16-14-45)10-8-12-56(82)73-46(2)70-22-6-4-11-54(74-57(83)40-76-26-28-77(41-59(85)86)30-32-79(43-61(89)90)33-31-78(29-27-76)42-60(87)88)64(93)75-55(36-62(91)95-3)65(94)80-24-20-48(21-25-80)9-5-7-34-96-50-17-18-53-52(35-50)51(19-23-71-53)63(92)72-39-58(84)81-44-66(67,68)37-49(81)38-69/h13-19,23,35,48-49,54-55H,4-12,20-22,24-34,36-37,39-44H2,1-3H3,(H,72,92)(H,74,83)(H,75,93)(H,85,86)(H,87,88)(H,89,90)(H,70,73,82)/t49-,54+,55+/m1/s1. The number of nitrogens with one attached hydrogen (secondary N) is 4. The molecule has 0 bridgehead atoms. The Bertz CT molecular complexity index is 3200. The van der Waals surface area contributed by atoms with Crippen LogP contribution in [0.5, 0.6) is 5.75 Å². The molecular formula is C66H91F2N13O15. The third kappa shape index (κ3) is 26.4. The number of carboxylic acid groups (broad SMARTS) is 3. The van der Waals surface area contributed by atoms with Crippen LogP contribution in [0.1, 0.15) is 105 Å². The number of alkyl halides is 2. The first-order valence-electron chi connectivity index (χ1n) is 32.6. The van der Waals surface area contributed by atoms with Crippen molar-refractivity contribution in [2.45, 2.75) is 121 Å². The summed E-state index contributed by atoms with van der Waals surface area (Å²) in [6.45, 7) is 3.26. The van der Waals surface area contributed by atoms with Gasteiger partial charge in [-0.3, -0.25) is 77.5 Å². The van der Waals surface area contributed by atoms with Crippen molar-refractivity contribution < 1.29 is 81.5 Å². The number of methoxy groups -OCH3 is 1. The monoisotopic (exact) mass is 1340 g/mol. The average molecular weight is 1340 g/mol. The summed E-state index contributed by atoms with van der Waals surface area (Å²) in [5.41, 5.74) is 2.93. The summed E-state index contributed by atoms with van der Waals surface area (Å²) in [6, 6.07) is 12.4. The molecule has 3 fully saturated rings. The Morgan fingerprint density at radius 2 is 1.36 bits per heavy atom. The highest BCUT2D eigenvalue weighted by molar-refractivity contribution is 6.07. The highest BCUT2D eigenvalue weighted by Gasteiger charge is 2.47. The second kappa shape index (κ2) is 38.7. The van der Waals surface area contributed by atoms with Gasteiger partial charge in [-0.15, -0.1) is 0 Å². The number of ether oxygens (including phenoxy) is 2. The SMILES string of the molecule is COC(=O)C[C@H](NC(=O)[C@H](CCCC/N=C(\C)NC(=O)CCCc1ccc(C)cc1)NC(=O)CN1CCN(CC(=O)O)CCN(CC(=O)O)CCN(CC(=O)O)CC1)C(=O)N1CCC(CCCCOc2ccc3nccc(C(=O)NCC(=O)N4CC(F)(F)C[C@@H]4C#N)c3c2)CC1. The molecular weight excluding hydrogens is 1250 g/mol. The highest BCUT2D eigenvalue weighted by Crippen LogP contribution is 2.32. The number of unbranched alkanes of at least 4 members (excludes halogenated alkanes) is 2. The number of carbonyl (C=O) groups excluding carboxylic acids is 7. The zero-order chi connectivity index (χ0) is 69.7. The van der Waals surface area contributed by atoms with E-state index in [2.05, 4.69) is 31.2 Å². The van der Waals surface area contributed by atoms with E-state index in [9.17, 15) is 77.3 Å². The molecule has 0 spiro atoms. The number of aliphatic carboxylic acids is 3. The smallest absolute Gasteiger partial charge is 0.317 e. The van der Waals surface area contributed by atoms with Gasteiger partial charge in [-0.1, -0.05) is 36.2 Å². The molecule has 3 aromatic rings. The van der Waals surface area contributed by atoms with Crippen LogP contribution in [0.25, 0.3) is 10.9 Å². The number of halogens is 2. The van der Waals surface area contributed by atoms with Gasteiger partial charge >= 0.3 is 23.9 Å². The van der Waals surface area contributed by atoms with E-state index < -0.39 is 103 Å². The van der Waals surface area contributed by atoms with Gasteiger partial charge in [0.05, 0.1) is 82.4 Å². The third-order valence-corrected chi connectivity index (χ3v) is 17.1. The Labute approximate surface area is 557 Å². The van der Waals surface area contributed by atoms with Crippen molar-refractivity contribution >= 4 is 76.1 Å². The summed E-state index contributed by atoms with van der Waals surface area (Å²) < 4.78 is 39.0. The molecule has 0 saturated carbocycles. The van der Waals surface area contributed by atoms with Crippen molar-refractivity contribution in [1.29, 1.82) is 5.26 Å². The Hall–Kier alpha value is -8.79. The lowest BCUT2D eigenvalue weighted by Gasteiger charge is -2.35. The second-order valence-corrected chi connectivity index (χ2v) is 24.7. The quantitative estimate of drug-likeness (QED) is 0.0204. The number of fused-ring (bicyclic) bond motifs is 1. The van der Waals surface area contributed by atoms with Crippen molar-refractivity contribution in [3.05, 3.63) is 71.4 Å². The number of nitrogens with zero attached hydrogens (tertiary/aromatic N) is 9. The zero-order valence-electron chi connectivity index (χ0n) is 54.9. The fraction of sp³-hybridized carbons (Fsp3) is 0.591. The molecule has 524 valence electrons. The third-order valence-electron chi connectivity index (χ3n) is 17.1. The molecule has 6 rings (SSSR count). The normalized spacial score (nSPS) is 17.8. The molecule has 1 aromatic heterocycles. The summed E-state index contributed by atoms with van der Waals surface area (Å²) in [7, 11) is 1.16. The van der Waals surface area contributed by atoms with E-state index >= 15 is 0 Å². The number of amidine groups is 1. The summed E-state index contributed by atoms with van der Waals surface area (Å²) >= 11 is 0. The molecule has 0 radical (unpaired) electrons. The number of benzene rings is 2. The van der Waals surface area contributed by atoms with Crippen molar-refractivity contribution in [2.24, 2.45) is 10.9 Å². The maximum Gasteiger partial charge on any atom is 0.317 e. The van der Waals surface area contributed by atoms with E-state index in [-0.39, 0.29) is 109 Å². The van der Waals surface area contributed by atoms with Crippen molar-refractivity contribution in [3.63, 3.8) is 0 Å². The number of carboxylic acids is 3. The molecule has 4 heterocycles.